The number of ether oxygens (including phenoxy) is 2. The first-order valence-electron chi connectivity index (χ1n) is 7.25. The number of nitrogens with one attached hydrogen (secondary N) is 1. The molecule has 0 aliphatic carbocycles. The van der Waals surface area contributed by atoms with Crippen LogP contribution in [0.1, 0.15) is 30.4 Å². The third-order valence-corrected chi connectivity index (χ3v) is 3.57. The summed E-state index contributed by atoms with van der Waals surface area (Å²) in [5.41, 5.74) is 2.70. The van der Waals surface area contributed by atoms with Gasteiger partial charge in [-0.3, -0.25) is 0 Å². The summed E-state index contributed by atoms with van der Waals surface area (Å²) in [7, 11) is 1.73. The van der Waals surface area contributed by atoms with Gasteiger partial charge in [-0.25, -0.2) is 0 Å². The van der Waals surface area contributed by atoms with Crippen molar-refractivity contribution in [3.8, 4) is 5.75 Å². The van der Waals surface area contributed by atoms with Gasteiger partial charge in [-0.15, -0.1) is 0 Å². The maximum Gasteiger partial charge on any atom is 0.123 e. The Balaban J connectivity index is 1.59. The Hall–Kier alpha value is -1.06. The standard InChI is InChI=1S/C16H25NO2/c1-13-6-7-16-14(11-13)12-15(19-16)5-3-4-8-17-9-10-18-2/h6-7,11,15,17H,3-5,8-10,12H2,1-2H3. The van der Waals surface area contributed by atoms with Gasteiger partial charge >= 0.3 is 0 Å². The third kappa shape index (κ3) is 4.51. The van der Waals surface area contributed by atoms with E-state index in [1.54, 1.807) is 7.11 Å². The Morgan fingerprint density at radius 1 is 1.32 bits per heavy atom. The van der Waals surface area contributed by atoms with Gasteiger partial charge in [0.2, 0.25) is 0 Å². The molecule has 0 fully saturated rings. The van der Waals surface area contributed by atoms with Crippen molar-refractivity contribution in [2.75, 3.05) is 26.8 Å². The van der Waals surface area contributed by atoms with E-state index >= 15 is 0 Å². The fraction of sp³-hybridized carbons (Fsp3) is 0.625. The summed E-state index contributed by atoms with van der Waals surface area (Å²) in [4.78, 5) is 0. The molecule has 1 heterocycles. The van der Waals surface area contributed by atoms with Crippen molar-refractivity contribution in [3.05, 3.63) is 29.3 Å². The van der Waals surface area contributed by atoms with E-state index in [4.69, 9.17) is 9.47 Å². The van der Waals surface area contributed by atoms with Gasteiger partial charge in [0.15, 0.2) is 0 Å². The van der Waals surface area contributed by atoms with Crippen molar-refractivity contribution in [3.63, 3.8) is 0 Å². The first-order chi connectivity index (χ1) is 9.29. The molecule has 0 amide bonds. The molecule has 19 heavy (non-hydrogen) atoms. The summed E-state index contributed by atoms with van der Waals surface area (Å²) >= 11 is 0. The van der Waals surface area contributed by atoms with Gasteiger partial charge < -0.3 is 14.8 Å². The van der Waals surface area contributed by atoms with E-state index in [-0.39, 0.29) is 0 Å². The second-order valence-electron chi connectivity index (χ2n) is 5.29. The molecule has 0 saturated carbocycles. The zero-order valence-corrected chi connectivity index (χ0v) is 12.1. The van der Waals surface area contributed by atoms with E-state index in [0.29, 0.717) is 6.10 Å². The molecule has 2 rings (SSSR count). The highest BCUT2D eigenvalue weighted by Crippen LogP contribution is 2.31. The Labute approximate surface area is 116 Å². The number of benzene rings is 1. The first kappa shape index (κ1) is 14.4. The molecule has 1 aromatic carbocycles. The van der Waals surface area contributed by atoms with Crippen LogP contribution in [0.15, 0.2) is 18.2 Å². The van der Waals surface area contributed by atoms with Crippen LogP contribution in [-0.4, -0.2) is 32.9 Å². The molecule has 106 valence electrons. The van der Waals surface area contributed by atoms with E-state index in [0.717, 1.165) is 38.3 Å². The van der Waals surface area contributed by atoms with Crippen LogP contribution < -0.4 is 10.1 Å². The molecule has 1 aliphatic heterocycles. The molecule has 3 nitrogen and oxygen atoms in total. The lowest BCUT2D eigenvalue weighted by atomic mass is 10.0. The van der Waals surface area contributed by atoms with Crippen molar-refractivity contribution in [1.29, 1.82) is 0 Å². The molecule has 1 unspecified atom stereocenters. The molecule has 1 aromatic rings. The van der Waals surface area contributed by atoms with Crippen molar-refractivity contribution in [2.24, 2.45) is 0 Å². The number of hydrogen-bond donors (Lipinski definition) is 1. The van der Waals surface area contributed by atoms with Gasteiger partial charge in [-0.2, -0.15) is 0 Å². The molecular weight excluding hydrogens is 238 g/mol. The lowest BCUT2D eigenvalue weighted by Gasteiger charge is -2.10. The van der Waals surface area contributed by atoms with Crippen molar-refractivity contribution >= 4 is 0 Å². The summed E-state index contributed by atoms with van der Waals surface area (Å²) in [6.07, 6.45) is 5.04. The quantitative estimate of drug-likeness (QED) is 0.732. The fourth-order valence-corrected chi connectivity index (χ4v) is 2.53. The highest BCUT2D eigenvalue weighted by molar-refractivity contribution is 5.40. The SMILES string of the molecule is COCCNCCCCC1Cc2cc(C)ccc2O1. The van der Waals surface area contributed by atoms with E-state index in [9.17, 15) is 0 Å². The smallest absolute Gasteiger partial charge is 0.123 e. The first-order valence-corrected chi connectivity index (χ1v) is 7.25. The minimum atomic E-state index is 0.385. The van der Waals surface area contributed by atoms with E-state index in [1.165, 1.54) is 24.0 Å². The van der Waals surface area contributed by atoms with Gasteiger partial charge in [0.1, 0.15) is 11.9 Å². The van der Waals surface area contributed by atoms with Gasteiger partial charge in [0.05, 0.1) is 6.61 Å². The molecule has 1 atom stereocenters. The summed E-state index contributed by atoms with van der Waals surface area (Å²) < 4.78 is 11.0. The molecule has 3 heteroatoms. The molecule has 0 aromatic heterocycles. The van der Waals surface area contributed by atoms with E-state index < -0.39 is 0 Å². The van der Waals surface area contributed by atoms with Gasteiger partial charge in [-0.1, -0.05) is 17.7 Å². The minimum Gasteiger partial charge on any atom is -0.490 e. The zero-order chi connectivity index (χ0) is 13.5. The summed E-state index contributed by atoms with van der Waals surface area (Å²) in [6.45, 7) is 4.95. The molecule has 0 spiro atoms. The highest BCUT2D eigenvalue weighted by atomic mass is 16.5. The van der Waals surface area contributed by atoms with Crippen LogP contribution in [0, 0.1) is 6.92 Å². The number of aryl methyl sites for hydroxylation is 1. The molecule has 1 aliphatic rings. The Morgan fingerprint density at radius 2 is 2.21 bits per heavy atom. The van der Waals surface area contributed by atoms with Crippen molar-refractivity contribution in [1.82, 2.24) is 5.32 Å². The largest absolute Gasteiger partial charge is 0.490 e. The number of unbranched alkanes of at least 4 members (excludes halogenated alkanes) is 1. The summed E-state index contributed by atoms with van der Waals surface area (Å²) in [5, 5.41) is 3.37. The zero-order valence-electron chi connectivity index (χ0n) is 12.1. The topological polar surface area (TPSA) is 30.5 Å². The number of methoxy groups -OCH3 is 1. The number of fused-ring (bicyclic) bond motifs is 1. The van der Waals surface area contributed by atoms with Crippen LogP contribution in [-0.2, 0) is 11.2 Å². The number of rotatable bonds is 8. The van der Waals surface area contributed by atoms with Crippen LogP contribution in [0.25, 0.3) is 0 Å². The second-order valence-corrected chi connectivity index (χ2v) is 5.29. The van der Waals surface area contributed by atoms with Gasteiger partial charge in [0, 0.05) is 20.1 Å². The highest BCUT2D eigenvalue weighted by Gasteiger charge is 2.21. The van der Waals surface area contributed by atoms with Gasteiger partial charge in [0.25, 0.3) is 0 Å². The third-order valence-electron chi connectivity index (χ3n) is 3.57. The van der Waals surface area contributed by atoms with Crippen LogP contribution in [0.4, 0.5) is 0 Å². The lowest BCUT2D eigenvalue weighted by molar-refractivity contribution is 0.198. The Bertz CT molecular complexity index is 392. The van der Waals surface area contributed by atoms with Crippen molar-refractivity contribution in [2.45, 2.75) is 38.7 Å². The van der Waals surface area contributed by atoms with E-state index in [1.807, 2.05) is 0 Å². The predicted octanol–water partition coefficient (Wildman–Crippen LogP) is 2.70. The Kier molecular flexibility index (Phi) is 5.67. The summed E-state index contributed by atoms with van der Waals surface area (Å²) in [6, 6.07) is 6.49. The lowest BCUT2D eigenvalue weighted by Crippen LogP contribution is -2.21. The maximum absolute atomic E-state index is 5.97. The predicted molar refractivity (Wildman–Crippen MR) is 77.9 cm³/mol. The summed E-state index contributed by atoms with van der Waals surface area (Å²) in [5.74, 6) is 1.09. The van der Waals surface area contributed by atoms with E-state index in [2.05, 4.69) is 30.4 Å². The van der Waals surface area contributed by atoms with Crippen LogP contribution in [0.5, 0.6) is 5.75 Å². The molecule has 0 radical (unpaired) electrons. The fourth-order valence-electron chi connectivity index (χ4n) is 2.53. The monoisotopic (exact) mass is 263 g/mol. The molecular formula is C16H25NO2. The molecule has 0 bridgehead atoms. The van der Waals surface area contributed by atoms with Crippen LogP contribution >= 0.6 is 0 Å². The molecule has 1 N–H and O–H groups in total. The second kappa shape index (κ2) is 7.51. The average Bonchev–Trinajstić information content (AvgIpc) is 2.79. The molecule has 0 saturated heterocycles. The minimum absolute atomic E-state index is 0.385. The Morgan fingerprint density at radius 3 is 3.05 bits per heavy atom. The normalized spacial score (nSPS) is 17.3. The number of hydrogen-bond acceptors (Lipinski definition) is 3. The van der Waals surface area contributed by atoms with Crippen LogP contribution in [0.3, 0.4) is 0 Å². The van der Waals surface area contributed by atoms with Gasteiger partial charge in [-0.05, 0) is 44.4 Å². The van der Waals surface area contributed by atoms with Crippen LogP contribution in [0.2, 0.25) is 0 Å². The maximum atomic E-state index is 5.97. The average molecular weight is 263 g/mol. The van der Waals surface area contributed by atoms with Crippen molar-refractivity contribution < 1.29 is 9.47 Å².